The summed E-state index contributed by atoms with van der Waals surface area (Å²) in [5.74, 6) is 0.681. The van der Waals surface area contributed by atoms with Crippen LogP contribution in [0, 0.1) is 11.7 Å². The molecule has 2 rings (SSSR count). The van der Waals surface area contributed by atoms with E-state index in [0.717, 1.165) is 24.3 Å². The minimum atomic E-state index is -0.371. The zero-order chi connectivity index (χ0) is 14.4. The Bertz CT molecular complexity index is 413. The molecule has 1 saturated carbocycles. The SMILES string of the molecule is COc1ccc(CC(O)CCC2CCCCC2)cc1F. The highest BCUT2D eigenvalue weighted by Gasteiger charge is 2.15. The van der Waals surface area contributed by atoms with Crippen molar-refractivity contribution in [2.24, 2.45) is 5.92 Å². The number of benzene rings is 1. The Morgan fingerprint density at radius 1 is 1.30 bits per heavy atom. The number of ether oxygens (including phenoxy) is 1. The molecule has 1 aromatic rings. The van der Waals surface area contributed by atoms with Crippen molar-refractivity contribution in [3.8, 4) is 5.75 Å². The van der Waals surface area contributed by atoms with Crippen LogP contribution in [0.1, 0.15) is 50.5 Å². The van der Waals surface area contributed by atoms with Gasteiger partial charge in [-0.2, -0.15) is 0 Å². The van der Waals surface area contributed by atoms with E-state index in [4.69, 9.17) is 4.74 Å². The molecule has 0 aliphatic heterocycles. The quantitative estimate of drug-likeness (QED) is 0.850. The van der Waals surface area contributed by atoms with E-state index in [0.29, 0.717) is 6.42 Å². The van der Waals surface area contributed by atoms with Crippen molar-refractivity contribution in [1.29, 1.82) is 0 Å². The zero-order valence-corrected chi connectivity index (χ0v) is 12.3. The van der Waals surface area contributed by atoms with E-state index in [1.165, 1.54) is 45.3 Å². The van der Waals surface area contributed by atoms with E-state index in [2.05, 4.69) is 0 Å². The van der Waals surface area contributed by atoms with Crippen molar-refractivity contribution in [1.82, 2.24) is 0 Å². The normalized spacial score (nSPS) is 17.9. The summed E-state index contributed by atoms with van der Waals surface area (Å²) in [4.78, 5) is 0. The Morgan fingerprint density at radius 2 is 2.05 bits per heavy atom. The fraction of sp³-hybridized carbons (Fsp3) is 0.647. The molecule has 0 spiro atoms. The second-order valence-electron chi connectivity index (χ2n) is 5.91. The lowest BCUT2D eigenvalue weighted by Gasteiger charge is -2.22. The lowest BCUT2D eigenvalue weighted by atomic mass is 9.85. The van der Waals surface area contributed by atoms with Crippen molar-refractivity contribution < 1.29 is 14.2 Å². The fourth-order valence-electron chi connectivity index (χ4n) is 3.11. The predicted octanol–water partition coefficient (Wildman–Crippen LogP) is 4.10. The van der Waals surface area contributed by atoms with Crippen LogP contribution in [0.2, 0.25) is 0 Å². The van der Waals surface area contributed by atoms with Crippen molar-refractivity contribution in [3.05, 3.63) is 29.6 Å². The molecular weight excluding hydrogens is 255 g/mol. The van der Waals surface area contributed by atoms with Gasteiger partial charge in [0.2, 0.25) is 0 Å². The van der Waals surface area contributed by atoms with Crippen LogP contribution in [0.3, 0.4) is 0 Å². The third kappa shape index (κ3) is 4.48. The van der Waals surface area contributed by atoms with Crippen molar-refractivity contribution in [3.63, 3.8) is 0 Å². The lowest BCUT2D eigenvalue weighted by Crippen LogP contribution is -2.14. The molecule has 1 aromatic carbocycles. The van der Waals surface area contributed by atoms with Crippen LogP contribution in [-0.4, -0.2) is 18.3 Å². The van der Waals surface area contributed by atoms with Crippen molar-refractivity contribution in [2.75, 3.05) is 7.11 Å². The molecule has 1 N–H and O–H groups in total. The van der Waals surface area contributed by atoms with E-state index in [1.54, 1.807) is 6.07 Å². The minimum absolute atomic E-state index is 0.255. The van der Waals surface area contributed by atoms with E-state index in [-0.39, 0.29) is 17.7 Å². The number of rotatable bonds is 6. The summed E-state index contributed by atoms with van der Waals surface area (Å²) in [5, 5.41) is 10.1. The van der Waals surface area contributed by atoms with Gasteiger partial charge in [0.15, 0.2) is 11.6 Å². The van der Waals surface area contributed by atoms with Gasteiger partial charge < -0.3 is 9.84 Å². The second kappa shape index (κ2) is 7.63. The van der Waals surface area contributed by atoms with E-state index in [9.17, 15) is 9.50 Å². The summed E-state index contributed by atoms with van der Waals surface area (Å²) >= 11 is 0. The molecule has 0 heterocycles. The van der Waals surface area contributed by atoms with Crippen LogP contribution < -0.4 is 4.74 Å². The summed E-state index contributed by atoms with van der Waals surface area (Å²) in [6.07, 6.45) is 8.73. The molecule has 0 bridgehead atoms. The maximum absolute atomic E-state index is 13.6. The third-order valence-electron chi connectivity index (χ3n) is 4.32. The molecule has 20 heavy (non-hydrogen) atoms. The van der Waals surface area contributed by atoms with Crippen molar-refractivity contribution in [2.45, 2.75) is 57.5 Å². The molecule has 3 heteroatoms. The largest absolute Gasteiger partial charge is 0.494 e. The molecular formula is C17H25FO2. The topological polar surface area (TPSA) is 29.5 Å². The Hall–Kier alpha value is -1.09. The van der Waals surface area contributed by atoms with Crippen LogP contribution in [0.4, 0.5) is 4.39 Å². The Morgan fingerprint density at radius 3 is 2.70 bits per heavy atom. The first-order chi connectivity index (χ1) is 9.69. The number of aliphatic hydroxyl groups excluding tert-OH is 1. The first-order valence-corrected chi connectivity index (χ1v) is 7.69. The monoisotopic (exact) mass is 280 g/mol. The number of hydrogen-bond donors (Lipinski definition) is 1. The molecule has 1 unspecified atom stereocenters. The molecule has 1 aliphatic carbocycles. The highest BCUT2D eigenvalue weighted by molar-refractivity contribution is 5.29. The lowest BCUT2D eigenvalue weighted by molar-refractivity contribution is 0.149. The van der Waals surface area contributed by atoms with Crippen LogP contribution >= 0.6 is 0 Å². The summed E-state index contributed by atoms with van der Waals surface area (Å²) in [7, 11) is 1.46. The zero-order valence-electron chi connectivity index (χ0n) is 12.3. The fourth-order valence-corrected chi connectivity index (χ4v) is 3.11. The highest BCUT2D eigenvalue weighted by atomic mass is 19.1. The highest BCUT2D eigenvalue weighted by Crippen LogP contribution is 2.28. The van der Waals surface area contributed by atoms with Gasteiger partial charge in [-0.15, -0.1) is 0 Å². The third-order valence-corrected chi connectivity index (χ3v) is 4.32. The summed E-state index contributed by atoms with van der Waals surface area (Å²) < 4.78 is 18.5. The van der Waals surface area contributed by atoms with Crippen LogP contribution in [0.15, 0.2) is 18.2 Å². The molecule has 2 nitrogen and oxygen atoms in total. The molecule has 112 valence electrons. The van der Waals surface area contributed by atoms with Gasteiger partial charge in [0.25, 0.3) is 0 Å². The first kappa shape index (κ1) is 15.3. The van der Waals surface area contributed by atoms with E-state index in [1.807, 2.05) is 6.07 Å². The molecule has 0 saturated heterocycles. The molecule has 0 amide bonds. The molecule has 1 aliphatic rings. The number of halogens is 1. The van der Waals surface area contributed by atoms with Gasteiger partial charge in [-0.3, -0.25) is 0 Å². The van der Waals surface area contributed by atoms with Crippen LogP contribution in [0.25, 0.3) is 0 Å². The standard InChI is InChI=1S/C17H25FO2/c1-20-17-10-8-14(12-16(17)18)11-15(19)9-7-13-5-3-2-4-6-13/h8,10,12-13,15,19H,2-7,9,11H2,1H3. The molecule has 0 radical (unpaired) electrons. The van der Waals surface area contributed by atoms with Gasteiger partial charge in [0.05, 0.1) is 13.2 Å². The Kier molecular flexibility index (Phi) is 5.84. The van der Waals surface area contributed by atoms with Crippen molar-refractivity contribution >= 4 is 0 Å². The van der Waals surface area contributed by atoms with Gasteiger partial charge in [-0.1, -0.05) is 38.2 Å². The number of methoxy groups -OCH3 is 1. The van der Waals surface area contributed by atoms with E-state index < -0.39 is 0 Å². The maximum Gasteiger partial charge on any atom is 0.165 e. The maximum atomic E-state index is 13.6. The Labute approximate surface area is 121 Å². The van der Waals surface area contributed by atoms with Gasteiger partial charge in [-0.05, 0) is 42.9 Å². The smallest absolute Gasteiger partial charge is 0.165 e. The minimum Gasteiger partial charge on any atom is -0.494 e. The average molecular weight is 280 g/mol. The predicted molar refractivity (Wildman–Crippen MR) is 78.5 cm³/mol. The number of aliphatic hydroxyl groups is 1. The first-order valence-electron chi connectivity index (χ1n) is 7.69. The van der Waals surface area contributed by atoms with Gasteiger partial charge in [0.1, 0.15) is 0 Å². The van der Waals surface area contributed by atoms with Gasteiger partial charge in [0, 0.05) is 0 Å². The van der Waals surface area contributed by atoms with Crippen LogP contribution in [-0.2, 0) is 6.42 Å². The van der Waals surface area contributed by atoms with Gasteiger partial charge >= 0.3 is 0 Å². The Balaban J connectivity index is 1.78. The molecule has 1 atom stereocenters. The van der Waals surface area contributed by atoms with Gasteiger partial charge in [-0.25, -0.2) is 4.39 Å². The summed E-state index contributed by atoms with van der Waals surface area (Å²) in [6.45, 7) is 0. The second-order valence-corrected chi connectivity index (χ2v) is 5.91. The summed E-state index contributed by atoms with van der Waals surface area (Å²) in [5.41, 5.74) is 0.833. The van der Waals surface area contributed by atoms with Crippen LogP contribution in [0.5, 0.6) is 5.75 Å². The number of hydrogen-bond acceptors (Lipinski definition) is 2. The molecule has 0 aromatic heterocycles. The average Bonchev–Trinajstić information content (AvgIpc) is 2.46. The van der Waals surface area contributed by atoms with E-state index >= 15 is 0 Å². The summed E-state index contributed by atoms with van der Waals surface area (Å²) in [6, 6.07) is 4.91. The molecule has 1 fully saturated rings.